The molecule has 1 amide bonds. The number of benzene rings is 1. The Labute approximate surface area is 207 Å². The average Bonchev–Trinajstić information content (AvgIpc) is 2.75. The number of hydrogen-bond donors (Lipinski definition) is 1. The minimum atomic E-state index is -3.89. The first-order valence-corrected chi connectivity index (χ1v) is 12.4. The second kappa shape index (κ2) is 9.84. The maximum Gasteiger partial charge on any atom is 0.410 e. The fourth-order valence-electron chi connectivity index (χ4n) is 3.47. The van der Waals surface area contributed by atoms with Gasteiger partial charge in [-0.15, -0.1) is 0 Å². The summed E-state index contributed by atoms with van der Waals surface area (Å²) in [4.78, 5) is 28.0. The van der Waals surface area contributed by atoms with Gasteiger partial charge in [0.2, 0.25) is 21.6 Å². The van der Waals surface area contributed by atoms with Gasteiger partial charge in [0.05, 0.1) is 16.0 Å². The SMILES string of the molecule is CC1CN(C(=O)OC(C)(C)C)CCN1S(=O)(=O)c1ccc(Oc2c(Cl)cnc(N)c2[N+](=O)[O-])cc1. The smallest absolute Gasteiger partial charge is 0.410 e. The lowest BCUT2D eigenvalue weighted by Crippen LogP contribution is -2.55. The van der Waals surface area contributed by atoms with Crippen LogP contribution in [0, 0.1) is 10.1 Å². The fourth-order valence-corrected chi connectivity index (χ4v) is 5.26. The van der Waals surface area contributed by atoms with Gasteiger partial charge in [0.1, 0.15) is 16.4 Å². The van der Waals surface area contributed by atoms with Crippen LogP contribution in [0.1, 0.15) is 27.7 Å². The van der Waals surface area contributed by atoms with Crippen molar-refractivity contribution in [2.45, 2.75) is 44.2 Å². The normalized spacial score (nSPS) is 17.2. The molecule has 1 fully saturated rings. The van der Waals surface area contributed by atoms with Gasteiger partial charge < -0.3 is 20.1 Å². The lowest BCUT2D eigenvalue weighted by molar-refractivity contribution is -0.384. The van der Waals surface area contributed by atoms with Gasteiger partial charge in [-0.25, -0.2) is 18.2 Å². The van der Waals surface area contributed by atoms with Crippen LogP contribution < -0.4 is 10.5 Å². The van der Waals surface area contributed by atoms with Gasteiger partial charge >= 0.3 is 11.8 Å². The predicted octanol–water partition coefficient (Wildman–Crippen LogP) is 3.65. The maximum absolute atomic E-state index is 13.2. The molecule has 0 bridgehead atoms. The monoisotopic (exact) mass is 527 g/mol. The summed E-state index contributed by atoms with van der Waals surface area (Å²) in [5, 5.41) is 11.2. The van der Waals surface area contributed by atoms with Crippen LogP contribution >= 0.6 is 11.6 Å². The third-order valence-electron chi connectivity index (χ3n) is 5.04. The molecule has 0 radical (unpaired) electrons. The second-order valence-electron chi connectivity index (χ2n) is 8.89. The van der Waals surface area contributed by atoms with E-state index in [1.807, 2.05) is 0 Å². The standard InChI is InChI=1S/C21H26ClN5O7S/c1-13-12-25(20(28)34-21(2,3)4)9-10-26(13)35(31,32)15-7-5-14(6-8-15)33-18-16(22)11-24-19(23)17(18)27(29)30/h5-8,11,13H,9-10,12H2,1-4H3,(H2,23,24). The Morgan fingerprint density at radius 3 is 2.43 bits per heavy atom. The van der Waals surface area contributed by atoms with E-state index in [4.69, 9.17) is 26.8 Å². The quantitative estimate of drug-likeness (QED) is 0.452. The minimum absolute atomic E-state index is 0.00254. The van der Waals surface area contributed by atoms with E-state index in [1.54, 1.807) is 27.7 Å². The van der Waals surface area contributed by atoms with E-state index in [0.29, 0.717) is 0 Å². The minimum Gasteiger partial charge on any atom is -0.448 e. The number of nitro groups is 1. The van der Waals surface area contributed by atoms with E-state index in [2.05, 4.69) is 4.98 Å². The molecule has 35 heavy (non-hydrogen) atoms. The number of nitrogens with zero attached hydrogens (tertiary/aromatic N) is 4. The third-order valence-corrected chi connectivity index (χ3v) is 7.34. The van der Waals surface area contributed by atoms with Crippen LogP contribution in [-0.4, -0.2) is 64.9 Å². The first-order chi connectivity index (χ1) is 16.2. The predicted molar refractivity (Wildman–Crippen MR) is 128 cm³/mol. The number of carbonyl (C=O) groups is 1. The number of nitrogen functional groups attached to an aromatic ring is 1. The van der Waals surface area contributed by atoms with Gasteiger partial charge in [0.25, 0.3) is 0 Å². The summed E-state index contributed by atoms with van der Waals surface area (Å²) in [6.07, 6.45) is 0.628. The zero-order chi connectivity index (χ0) is 26.1. The first-order valence-electron chi connectivity index (χ1n) is 10.6. The number of rotatable bonds is 5. The molecule has 1 atom stereocenters. The molecular formula is C21H26ClN5O7S. The van der Waals surface area contributed by atoms with Crippen molar-refractivity contribution in [2.75, 3.05) is 25.4 Å². The number of aromatic nitrogens is 1. The molecule has 1 saturated heterocycles. The molecule has 2 N–H and O–H groups in total. The highest BCUT2D eigenvalue weighted by Crippen LogP contribution is 2.40. The third kappa shape index (κ3) is 5.92. The zero-order valence-electron chi connectivity index (χ0n) is 19.6. The number of carbonyl (C=O) groups excluding carboxylic acids is 1. The molecule has 1 unspecified atom stereocenters. The van der Waals surface area contributed by atoms with E-state index in [-0.39, 0.29) is 46.9 Å². The number of amides is 1. The summed E-state index contributed by atoms with van der Waals surface area (Å²) in [7, 11) is -3.89. The summed E-state index contributed by atoms with van der Waals surface area (Å²) >= 11 is 6.00. The van der Waals surface area contributed by atoms with E-state index in [1.165, 1.54) is 33.5 Å². The van der Waals surface area contributed by atoms with Crippen LogP contribution in [0.25, 0.3) is 0 Å². The van der Waals surface area contributed by atoms with Crippen LogP contribution in [0.3, 0.4) is 0 Å². The summed E-state index contributed by atoms with van der Waals surface area (Å²) < 4.78 is 38.7. The van der Waals surface area contributed by atoms with Crippen LogP contribution in [0.2, 0.25) is 5.02 Å². The van der Waals surface area contributed by atoms with Gasteiger partial charge in [-0.3, -0.25) is 10.1 Å². The molecule has 1 aromatic heterocycles. The van der Waals surface area contributed by atoms with Crippen molar-refractivity contribution in [1.29, 1.82) is 0 Å². The zero-order valence-corrected chi connectivity index (χ0v) is 21.2. The number of pyridine rings is 1. The maximum atomic E-state index is 13.2. The molecule has 1 aromatic carbocycles. The van der Waals surface area contributed by atoms with Gasteiger partial charge in [0.15, 0.2) is 0 Å². The van der Waals surface area contributed by atoms with E-state index in [0.717, 1.165) is 6.20 Å². The van der Waals surface area contributed by atoms with E-state index < -0.39 is 38.4 Å². The Morgan fingerprint density at radius 1 is 1.26 bits per heavy atom. The Balaban J connectivity index is 1.76. The van der Waals surface area contributed by atoms with Crippen molar-refractivity contribution in [3.05, 3.63) is 45.6 Å². The molecule has 190 valence electrons. The molecule has 1 aliphatic rings. The molecule has 0 aliphatic carbocycles. The second-order valence-corrected chi connectivity index (χ2v) is 11.2. The number of anilines is 1. The molecular weight excluding hydrogens is 502 g/mol. The van der Waals surface area contributed by atoms with Crippen molar-refractivity contribution >= 4 is 39.2 Å². The Bertz CT molecular complexity index is 1230. The Kier molecular flexibility index (Phi) is 7.43. The van der Waals surface area contributed by atoms with Crippen LogP contribution in [-0.2, 0) is 14.8 Å². The molecule has 0 saturated carbocycles. The summed E-state index contributed by atoms with van der Waals surface area (Å²) in [6, 6.07) is 4.86. The summed E-state index contributed by atoms with van der Waals surface area (Å²) in [6.45, 7) is 7.46. The van der Waals surface area contributed by atoms with Crippen molar-refractivity contribution in [1.82, 2.24) is 14.2 Å². The van der Waals surface area contributed by atoms with Gasteiger partial charge in [-0.05, 0) is 52.0 Å². The molecule has 14 heteroatoms. The van der Waals surface area contributed by atoms with Crippen LogP contribution in [0.5, 0.6) is 11.5 Å². The van der Waals surface area contributed by atoms with Crippen LogP contribution in [0.15, 0.2) is 35.4 Å². The largest absolute Gasteiger partial charge is 0.448 e. The van der Waals surface area contributed by atoms with E-state index >= 15 is 0 Å². The van der Waals surface area contributed by atoms with Crippen molar-refractivity contribution < 1.29 is 27.6 Å². The highest BCUT2D eigenvalue weighted by atomic mass is 35.5. The van der Waals surface area contributed by atoms with E-state index in [9.17, 15) is 23.3 Å². The first kappa shape index (κ1) is 26.4. The molecule has 2 heterocycles. The highest BCUT2D eigenvalue weighted by molar-refractivity contribution is 7.89. The van der Waals surface area contributed by atoms with Gasteiger partial charge in [-0.2, -0.15) is 4.31 Å². The van der Waals surface area contributed by atoms with Crippen molar-refractivity contribution in [3.8, 4) is 11.5 Å². The lowest BCUT2D eigenvalue weighted by atomic mass is 10.2. The average molecular weight is 528 g/mol. The molecule has 1 aliphatic heterocycles. The highest BCUT2D eigenvalue weighted by Gasteiger charge is 2.36. The fraction of sp³-hybridized carbons (Fsp3) is 0.429. The van der Waals surface area contributed by atoms with Gasteiger partial charge in [-0.1, -0.05) is 11.6 Å². The Hall–Kier alpha value is -3.16. The molecule has 3 rings (SSSR count). The topological polar surface area (TPSA) is 158 Å². The lowest BCUT2D eigenvalue weighted by Gasteiger charge is -2.39. The van der Waals surface area contributed by atoms with Crippen molar-refractivity contribution in [2.24, 2.45) is 0 Å². The summed E-state index contributed by atoms with van der Waals surface area (Å²) in [5.41, 5.74) is 4.33. The number of sulfonamides is 1. The number of piperazine rings is 1. The summed E-state index contributed by atoms with van der Waals surface area (Å²) in [5.74, 6) is -0.554. The molecule has 2 aromatic rings. The van der Waals surface area contributed by atoms with Gasteiger partial charge in [0, 0.05) is 25.7 Å². The number of hydrogen-bond acceptors (Lipinski definition) is 9. The molecule has 12 nitrogen and oxygen atoms in total. The molecule has 0 spiro atoms. The number of ether oxygens (including phenoxy) is 2. The van der Waals surface area contributed by atoms with Crippen LogP contribution in [0.4, 0.5) is 16.3 Å². The number of halogens is 1. The van der Waals surface area contributed by atoms with Crippen molar-refractivity contribution in [3.63, 3.8) is 0 Å². The number of nitrogens with two attached hydrogens (primary N) is 1. The Morgan fingerprint density at radius 2 is 1.89 bits per heavy atom.